The highest BCUT2D eigenvalue weighted by atomic mass is 16.5. The Kier molecular flexibility index (Phi) is 5.77. The molecule has 1 amide bonds. The number of carbonyl (C=O) groups excluding carboxylic acids is 1. The number of fused-ring (bicyclic) bond motifs is 1. The molecule has 7 heteroatoms. The number of amides is 1. The summed E-state index contributed by atoms with van der Waals surface area (Å²) < 4.78 is 7.47. The Morgan fingerprint density at radius 1 is 1.09 bits per heavy atom. The Morgan fingerprint density at radius 2 is 1.82 bits per heavy atom. The Morgan fingerprint density at radius 3 is 2.55 bits per heavy atom. The van der Waals surface area contributed by atoms with E-state index in [1.807, 2.05) is 77.3 Å². The first-order valence-corrected chi connectivity index (χ1v) is 11.4. The normalized spacial score (nSPS) is 14.2. The number of aromatic nitrogens is 4. The third kappa shape index (κ3) is 4.18. The van der Waals surface area contributed by atoms with Crippen LogP contribution >= 0.6 is 0 Å². The molecule has 1 aliphatic rings. The van der Waals surface area contributed by atoms with E-state index in [4.69, 9.17) is 4.52 Å². The molecule has 7 nitrogen and oxygen atoms in total. The summed E-state index contributed by atoms with van der Waals surface area (Å²) in [5.41, 5.74) is 4.96. The van der Waals surface area contributed by atoms with Crippen LogP contribution in [0.5, 0.6) is 0 Å². The first-order chi connectivity index (χ1) is 16.1. The van der Waals surface area contributed by atoms with Crippen molar-refractivity contribution in [3.8, 4) is 11.6 Å². The second-order valence-electron chi connectivity index (χ2n) is 8.46. The minimum atomic E-state index is -0.145. The zero-order chi connectivity index (χ0) is 22.8. The quantitative estimate of drug-likeness (QED) is 0.449. The average molecular weight is 442 g/mol. The number of carbonyl (C=O) groups is 1. The van der Waals surface area contributed by atoms with E-state index in [0.29, 0.717) is 36.9 Å². The summed E-state index contributed by atoms with van der Waals surface area (Å²) in [6.45, 7) is 3.24. The van der Waals surface area contributed by atoms with E-state index in [1.54, 1.807) is 0 Å². The Balaban J connectivity index is 1.39. The fourth-order valence-corrected chi connectivity index (χ4v) is 4.61. The van der Waals surface area contributed by atoms with Gasteiger partial charge in [-0.2, -0.15) is 10.1 Å². The minimum absolute atomic E-state index is 0.145. The average Bonchev–Trinajstić information content (AvgIpc) is 3.44. The van der Waals surface area contributed by atoms with Crippen LogP contribution in [0, 0.1) is 0 Å². The zero-order valence-corrected chi connectivity index (χ0v) is 18.9. The van der Waals surface area contributed by atoms with Crippen LogP contribution in [-0.2, 0) is 31.2 Å². The van der Waals surface area contributed by atoms with Crippen molar-refractivity contribution in [3.63, 3.8) is 0 Å². The highest BCUT2D eigenvalue weighted by Gasteiger charge is 2.32. The van der Waals surface area contributed by atoms with Gasteiger partial charge >= 0.3 is 0 Å². The van der Waals surface area contributed by atoms with E-state index in [2.05, 4.69) is 22.2 Å². The van der Waals surface area contributed by atoms with E-state index in [1.165, 1.54) is 0 Å². The highest BCUT2D eigenvalue weighted by molar-refractivity contribution is 5.84. The number of aryl methyl sites for hydroxylation is 1. The third-order valence-electron chi connectivity index (χ3n) is 6.34. The van der Waals surface area contributed by atoms with Gasteiger partial charge in [0.2, 0.25) is 5.91 Å². The molecule has 0 radical (unpaired) electrons. The van der Waals surface area contributed by atoms with Crippen molar-refractivity contribution in [2.75, 3.05) is 6.54 Å². The molecule has 0 saturated carbocycles. The number of rotatable bonds is 6. The monoisotopic (exact) mass is 441 g/mol. The van der Waals surface area contributed by atoms with Gasteiger partial charge in [0.25, 0.3) is 5.89 Å². The van der Waals surface area contributed by atoms with Gasteiger partial charge in [0, 0.05) is 44.2 Å². The summed E-state index contributed by atoms with van der Waals surface area (Å²) in [6, 6.07) is 20.1. The van der Waals surface area contributed by atoms with Gasteiger partial charge < -0.3 is 9.42 Å². The van der Waals surface area contributed by atoms with Crippen molar-refractivity contribution < 1.29 is 9.32 Å². The fraction of sp³-hybridized carbons (Fsp3) is 0.308. The molecule has 0 unspecified atom stereocenters. The smallest absolute Gasteiger partial charge is 0.278 e. The van der Waals surface area contributed by atoms with Gasteiger partial charge in [0.05, 0.1) is 5.92 Å². The van der Waals surface area contributed by atoms with Gasteiger partial charge in [-0.3, -0.25) is 9.48 Å². The molecule has 0 fully saturated rings. The van der Waals surface area contributed by atoms with Crippen LogP contribution in [0.15, 0.2) is 65.2 Å². The van der Waals surface area contributed by atoms with Crippen LogP contribution < -0.4 is 0 Å². The molecule has 0 saturated heterocycles. The molecule has 1 atom stereocenters. The lowest BCUT2D eigenvalue weighted by Crippen LogP contribution is -2.39. The van der Waals surface area contributed by atoms with Gasteiger partial charge in [0.1, 0.15) is 0 Å². The molecule has 168 valence electrons. The van der Waals surface area contributed by atoms with Crippen LogP contribution in [0.2, 0.25) is 0 Å². The molecule has 0 spiro atoms. The molecule has 1 aliphatic heterocycles. The van der Waals surface area contributed by atoms with E-state index in [9.17, 15) is 4.79 Å². The maximum atomic E-state index is 13.4. The topological polar surface area (TPSA) is 77.1 Å². The van der Waals surface area contributed by atoms with E-state index < -0.39 is 0 Å². The second-order valence-corrected chi connectivity index (χ2v) is 8.46. The van der Waals surface area contributed by atoms with Crippen molar-refractivity contribution in [2.45, 2.75) is 38.6 Å². The fourth-order valence-electron chi connectivity index (χ4n) is 4.61. The van der Waals surface area contributed by atoms with Crippen LogP contribution in [-0.4, -0.2) is 37.3 Å². The Labute approximate surface area is 193 Å². The zero-order valence-electron chi connectivity index (χ0n) is 18.9. The summed E-state index contributed by atoms with van der Waals surface area (Å²) in [4.78, 5) is 20.0. The number of benzene rings is 2. The largest absolute Gasteiger partial charge is 0.337 e. The Hall–Kier alpha value is -3.74. The molecule has 3 heterocycles. The highest BCUT2D eigenvalue weighted by Crippen LogP contribution is 2.31. The lowest BCUT2D eigenvalue weighted by Gasteiger charge is -2.30. The maximum absolute atomic E-state index is 13.4. The number of nitrogens with zero attached hydrogens (tertiary/aromatic N) is 5. The second kappa shape index (κ2) is 9.02. The Bertz CT molecular complexity index is 1250. The molecule has 0 bridgehead atoms. The summed E-state index contributed by atoms with van der Waals surface area (Å²) in [7, 11) is 1.93. The van der Waals surface area contributed by atoms with E-state index in [0.717, 1.165) is 35.2 Å². The van der Waals surface area contributed by atoms with Gasteiger partial charge in [-0.1, -0.05) is 72.7 Å². The summed E-state index contributed by atoms with van der Waals surface area (Å²) in [5, 5.41) is 8.85. The molecule has 5 rings (SSSR count). The van der Waals surface area contributed by atoms with Crippen LogP contribution in [0.3, 0.4) is 0 Å². The molecule has 33 heavy (non-hydrogen) atoms. The van der Waals surface area contributed by atoms with Crippen LogP contribution in [0.1, 0.15) is 47.5 Å². The van der Waals surface area contributed by atoms with Crippen molar-refractivity contribution >= 4 is 5.91 Å². The van der Waals surface area contributed by atoms with Crippen molar-refractivity contribution in [2.24, 2.45) is 7.05 Å². The van der Waals surface area contributed by atoms with Gasteiger partial charge in [-0.25, -0.2) is 0 Å². The number of hydrogen-bond acceptors (Lipinski definition) is 5. The minimum Gasteiger partial charge on any atom is -0.337 e. The molecular weight excluding hydrogens is 414 g/mol. The van der Waals surface area contributed by atoms with Crippen molar-refractivity contribution in [1.29, 1.82) is 0 Å². The van der Waals surface area contributed by atoms with Crippen LogP contribution in [0.25, 0.3) is 11.6 Å². The first kappa shape index (κ1) is 21.1. The number of hydrogen-bond donors (Lipinski definition) is 0. The van der Waals surface area contributed by atoms with Gasteiger partial charge in [-0.15, -0.1) is 0 Å². The van der Waals surface area contributed by atoms with Gasteiger partial charge in [-0.05, 0) is 17.5 Å². The van der Waals surface area contributed by atoms with Crippen molar-refractivity contribution in [1.82, 2.24) is 24.8 Å². The van der Waals surface area contributed by atoms with E-state index >= 15 is 0 Å². The predicted octanol–water partition coefficient (Wildman–Crippen LogP) is 4.14. The lowest BCUT2D eigenvalue weighted by molar-refractivity contribution is -0.133. The summed E-state index contributed by atoms with van der Waals surface area (Å²) in [5.74, 6) is 1.03. The van der Waals surface area contributed by atoms with Gasteiger partial charge in [0.15, 0.2) is 11.5 Å². The van der Waals surface area contributed by atoms with Crippen molar-refractivity contribution in [3.05, 3.63) is 88.9 Å². The lowest BCUT2D eigenvalue weighted by atomic mass is 9.93. The molecule has 4 aromatic rings. The van der Waals surface area contributed by atoms with Crippen LogP contribution in [0.4, 0.5) is 0 Å². The molecule has 2 aromatic heterocycles. The third-order valence-corrected chi connectivity index (χ3v) is 6.34. The SMILES string of the molecule is CC[C@H](C(=O)N1CCc2c(c(-c3nc(Cc4ccccc4)no3)nn2C)C1)c1ccccc1. The standard InChI is InChI=1S/C26H27N5O2/c1-3-20(19-12-8-5-9-13-19)26(32)31-15-14-22-21(17-31)24(28-30(22)2)25-27-23(29-33-25)16-18-10-6-4-7-11-18/h4-13,20H,3,14-17H2,1-2H3/t20-/m0/s1. The first-order valence-electron chi connectivity index (χ1n) is 11.4. The molecule has 0 aliphatic carbocycles. The maximum Gasteiger partial charge on any atom is 0.278 e. The molecule has 2 aromatic carbocycles. The van der Waals surface area contributed by atoms with E-state index in [-0.39, 0.29) is 11.8 Å². The summed E-state index contributed by atoms with van der Waals surface area (Å²) in [6.07, 6.45) is 2.11. The molecular formula is C26H27N5O2. The predicted molar refractivity (Wildman–Crippen MR) is 124 cm³/mol. The molecule has 0 N–H and O–H groups in total. The summed E-state index contributed by atoms with van der Waals surface area (Å²) >= 11 is 0.